The summed E-state index contributed by atoms with van der Waals surface area (Å²) in [6.07, 6.45) is 3.20. The molecule has 1 amide bonds. The molecular weight excluding hydrogens is 550 g/mol. The number of hydrogen-bond donors (Lipinski definition) is 1. The van der Waals surface area contributed by atoms with Crippen LogP contribution in [0.3, 0.4) is 0 Å². The molecule has 1 aliphatic heterocycles. The Morgan fingerprint density at radius 1 is 1.00 bits per heavy atom. The molecule has 0 bridgehead atoms. The van der Waals surface area contributed by atoms with Crippen molar-refractivity contribution in [2.75, 3.05) is 18.1 Å². The third-order valence-electron chi connectivity index (χ3n) is 6.71. The Hall–Kier alpha value is -3.77. The van der Waals surface area contributed by atoms with E-state index in [-0.39, 0.29) is 41.9 Å². The summed E-state index contributed by atoms with van der Waals surface area (Å²) in [5, 5.41) is 4.52. The van der Waals surface area contributed by atoms with Crippen LogP contribution in [-0.2, 0) is 27.7 Å². The van der Waals surface area contributed by atoms with E-state index in [1.54, 1.807) is 48.4 Å². The van der Waals surface area contributed by atoms with Crippen molar-refractivity contribution in [3.05, 3.63) is 81.8 Å². The van der Waals surface area contributed by atoms with E-state index < -0.39 is 21.1 Å². The molecule has 4 aromatic rings. The van der Waals surface area contributed by atoms with Gasteiger partial charge in [-0.3, -0.25) is 18.7 Å². The molecular formula is C28H29N5O5S2. The Labute approximate surface area is 235 Å². The van der Waals surface area contributed by atoms with Gasteiger partial charge in [-0.15, -0.1) is 11.8 Å². The van der Waals surface area contributed by atoms with Crippen molar-refractivity contribution in [1.82, 2.24) is 24.4 Å². The lowest BCUT2D eigenvalue weighted by atomic mass is 10.1. The highest BCUT2D eigenvalue weighted by molar-refractivity contribution is 7.99. The van der Waals surface area contributed by atoms with Gasteiger partial charge in [0, 0.05) is 37.2 Å². The van der Waals surface area contributed by atoms with E-state index in [0.717, 1.165) is 26.2 Å². The van der Waals surface area contributed by atoms with Crippen LogP contribution in [0.25, 0.3) is 22.0 Å². The van der Waals surface area contributed by atoms with Gasteiger partial charge in [0.15, 0.2) is 14.9 Å². The first-order valence-corrected chi connectivity index (χ1v) is 15.8. The minimum atomic E-state index is -3.78. The first kappa shape index (κ1) is 27.8. The van der Waals surface area contributed by atoms with Crippen LogP contribution in [-0.4, -0.2) is 51.5 Å². The highest BCUT2D eigenvalue weighted by Gasteiger charge is 2.32. The van der Waals surface area contributed by atoms with E-state index in [2.05, 4.69) is 15.3 Å². The number of benzene rings is 2. The molecule has 12 heteroatoms. The van der Waals surface area contributed by atoms with Gasteiger partial charge >= 0.3 is 5.69 Å². The standard InChI is InChI=1S/C28H29N5O5S2/c34-23(13-6-17-39-25-21-11-4-5-12-22(21)30-19-31-25)29-14-7-15-32-26(35)24(20-9-2-1-3-10-20)27-33(28(32)36)16-8-18-40(27,37)38/h1-5,9-12,19H,6-8,13-18H2,(H,29,34). The third kappa shape index (κ3) is 5.87. The zero-order chi connectivity index (χ0) is 28.1. The fraction of sp³-hybridized carbons (Fsp3) is 0.321. The molecule has 10 nitrogen and oxygen atoms in total. The Morgan fingerprint density at radius 3 is 2.60 bits per heavy atom. The van der Waals surface area contributed by atoms with Gasteiger partial charge in [0.2, 0.25) is 5.91 Å². The van der Waals surface area contributed by atoms with E-state index in [1.807, 2.05) is 24.3 Å². The van der Waals surface area contributed by atoms with Crippen molar-refractivity contribution in [2.24, 2.45) is 0 Å². The van der Waals surface area contributed by atoms with Crippen molar-refractivity contribution < 1.29 is 13.2 Å². The number of carbonyl (C=O) groups is 1. The van der Waals surface area contributed by atoms with Gasteiger partial charge in [-0.1, -0.05) is 48.5 Å². The van der Waals surface area contributed by atoms with E-state index in [4.69, 9.17) is 0 Å². The molecule has 0 fully saturated rings. The molecule has 0 aliphatic carbocycles. The molecule has 208 valence electrons. The average Bonchev–Trinajstić information content (AvgIpc) is 2.96. The number of rotatable bonds is 10. The molecule has 0 spiro atoms. The second-order valence-corrected chi connectivity index (χ2v) is 12.6. The number of nitrogens with one attached hydrogen (secondary N) is 1. The van der Waals surface area contributed by atoms with Crippen LogP contribution in [0, 0.1) is 0 Å². The van der Waals surface area contributed by atoms with Crippen LogP contribution in [0.4, 0.5) is 0 Å². The summed E-state index contributed by atoms with van der Waals surface area (Å²) in [4.78, 5) is 47.6. The number of carbonyl (C=O) groups excluding carboxylic acids is 1. The summed E-state index contributed by atoms with van der Waals surface area (Å²) in [7, 11) is -3.78. The summed E-state index contributed by atoms with van der Waals surface area (Å²) in [6.45, 7) is 0.580. The Balaban J connectivity index is 1.19. The number of nitrogens with zero attached hydrogens (tertiary/aromatic N) is 4. The van der Waals surface area contributed by atoms with E-state index in [0.29, 0.717) is 31.2 Å². The number of para-hydroxylation sites is 1. The number of hydrogen-bond acceptors (Lipinski definition) is 8. The number of fused-ring (bicyclic) bond motifs is 2. The van der Waals surface area contributed by atoms with Gasteiger partial charge in [-0.2, -0.15) is 0 Å². The first-order chi connectivity index (χ1) is 19.4. The molecule has 1 aliphatic rings. The number of sulfone groups is 1. The normalized spacial score (nSPS) is 14.1. The molecule has 40 heavy (non-hydrogen) atoms. The van der Waals surface area contributed by atoms with Crippen molar-refractivity contribution in [1.29, 1.82) is 0 Å². The smallest absolute Gasteiger partial charge is 0.332 e. The maximum Gasteiger partial charge on any atom is 0.332 e. The second kappa shape index (κ2) is 12.2. The maximum absolute atomic E-state index is 13.4. The van der Waals surface area contributed by atoms with Gasteiger partial charge in [0.05, 0.1) is 16.8 Å². The summed E-state index contributed by atoms with van der Waals surface area (Å²) in [5.41, 5.74) is 0.0968. The summed E-state index contributed by atoms with van der Waals surface area (Å²) in [6, 6.07) is 16.3. The van der Waals surface area contributed by atoms with Gasteiger partial charge in [-0.25, -0.2) is 23.2 Å². The predicted octanol–water partition coefficient (Wildman–Crippen LogP) is 2.88. The molecule has 0 atom stereocenters. The van der Waals surface area contributed by atoms with Gasteiger partial charge < -0.3 is 5.32 Å². The number of aromatic nitrogens is 4. The molecule has 2 aromatic heterocycles. The van der Waals surface area contributed by atoms with Crippen LogP contribution in [0.1, 0.15) is 25.7 Å². The zero-order valence-corrected chi connectivity index (χ0v) is 23.4. The number of thioether (sulfide) groups is 1. The highest BCUT2D eigenvalue weighted by Crippen LogP contribution is 2.27. The molecule has 2 aromatic carbocycles. The zero-order valence-electron chi connectivity index (χ0n) is 21.8. The van der Waals surface area contributed by atoms with Crippen molar-refractivity contribution in [3.63, 3.8) is 0 Å². The third-order valence-corrected chi connectivity index (χ3v) is 9.64. The van der Waals surface area contributed by atoms with Crippen LogP contribution >= 0.6 is 11.8 Å². The number of amides is 1. The van der Waals surface area contributed by atoms with Gasteiger partial charge in [-0.05, 0) is 30.9 Å². The summed E-state index contributed by atoms with van der Waals surface area (Å²) < 4.78 is 28.1. The summed E-state index contributed by atoms with van der Waals surface area (Å²) >= 11 is 1.58. The molecule has 5 rings (SSSR count). The Bertz CT molecular complexity index is 1760. The van der Waals surface area contributed by atoms with Crippen molar-refractivity contribution in [3.8, 4) is 11.1 Å². The largest absolute Gasteiger partial charge is 0.356 e. The SMILES string of the molecule is O=C(CCCSc1ncnc2ccccc12)NCCCn1c(=O)c(-c2ccccc2)c2n(c1=O)CCCS2(=O)=O. The molecule has 0 saturated carbocycles. The molecule has 0 saturated heterocycles. The van der Waals surface area contributed by atoms with Crippen LogP contribution in [0.5, 0.6) is 0 Å². The minimum Gasteiger partial charge on any atom is -0.356 e. The van der Waals surface area contributed by atoms with E-state index >= 15 is 0 Å². The lowest BCUT2D eigenvalue weighted by Gasteiger charge is -2.23. The Kier molecular flexibility index (Phi) is 8.46. The molecule has 3 heterocycles. The van der Waals surface area contributed by atoms with Crippen LogP contribution in [0.15, 0.2) is 80.6 Å². The fourth-order valence-electron chi connectivity index (χ4n) is 4.81. The topological polar surface area (TPSA) is 133 Å². The second-order valence-electron chi connectivity index (χ2n) is 9.46. The van der Waals surface area contributed by atoms with Crippen molar-refractivity contribution >= 4 is 38.4 Å². The highest BCUT2D eigenvalue weighted by atomic mass is 32.2. The molecule has 0 radical (unpaired) electrons. The van der Waals surface area contributed by atoms with E-state index in [9.17, 15) is 22.8 Å². The van der Waals surface area contributed by atoms with Crippen molar-refractivity contribution in [2.45, 2.75) is 48.8 Å². The van der Waals surface area contributed by atoms with E-state index in [1.165, 1.54) is 4.57 Å². The Morgan fingerprint density at radius 2 is 1.77 bits per heavy atom. The van der Waals surface area contributed by atoms with Crippen LogP contribution < -0.4 is 16.6 Å². The lowest BCUT2D eigenvalue weighted by Crippen LogP contribution is -2.45. The minimum absolute atomic E-state index is 0.0258. The maximum atomic E-state index is 13.4. The monoisotopic (exact) mass is 579 g/mol. The van der Waals surface area contributed by atoms with Gasteiger partial charge in [0.1, 0.15) is 11.4 Å². The van der Waals surface area contributed by atoms with Crippen LogP contribution in [0.2, 0.25) is 0 Å². The lowest BCUT2D eigenvalue weighted by molar-refractivity contribution is -0.121. The average molecular weight is 580 g/mol. The van der Waals surface area contributed by atoms with Gasteiger partial charge in [0.25, 0.3) is 5.56 Å². The fourth-order valence-corrected chi connectivity index (χ4v) is 7.47. The quantitative estimate of drug-likeness (QED) is 0.172. The predicted molar refractivity (Wildman–Crippen MR) is 154 cm³/mol. The molecule has 0 unspecified atom stereocenters. The summed E-state index contributed by atoms with van der Waals surface area (Å²) in [5.74, 6) is 0.510. The molecule has 1 N–H and O–H groups in total. The first-order valence-electron chi connectivity index (χ1n) is 13.1.